The third-order valence-electron chi connectivity index (χ3n) is 5.49. The van der Waals surface area contributed by atoms with Crippen molar-refractivity contribution in [3.63, 3.8) is 0 Å². The molecule has 4 N–H and O–H groups in total. The number of aromatic hydroxyl groups is 1. The molecule has 1 fully saturated rings. The number of aliphatic hydroxyl groups excluding tert-OH is 1. The first-order chi connectivity index (χ1) is 15.0. The van der Waals surface area contributed by atoms with Crippen LogP contribution in [-0.4, -0.2) is 51.1 Å². The lowest BCUT2D eigenvalue weighted by molar-refractivity contribution is 0.0630. The molecule has 0 radical (unpaired) electrons. The quantitative estimate of drug-likeness (QED) is 0.414. The molecule has 0 bridgehead atoms. The van der Waals surface area contributed by atoms with Crippen LogP contribution >= 0.6 is 19.4 Å². The van der Waals surface area contributed by atoms with Gasteiger partial charge in [0.2, 0.25) is 0 Å². The van der Waals surface area contributed by atoms with Crippen molar-refractivity contribution in [2.75, 3.05) is 20.1 Å². The topological polar surface area (TPSA) is 141 Å². The number of hydrogen-bond donors (Lipinski definition) is 4. The highest BCUT2D eigenvalue weighted by atomic mass is 35.5. The van der Waals surface area contributed by atoms with Crippen LogP contribution in [0.25, 0.3) is 22.3 Å². The van der Waals surface area contributed by atoms with E-state index in [0.29, 0.717) is 30.1 Å². The lowest BCUT2D eigenvalue weighted by Gasteiger charge is -2.34. The van der Waals surface area contributed by atoms with Crippen molar-refractivity contribution >= 4 is 30.4 Å². The molecule has 0 saturated carbocycles. The second kappa shape index (κ2) is 8.51. The Morgan fingerprint density at radius 3 is 2.62 bits per heavy atom. The van der Waals surface area contributed by atoms with Crippen LogP contribution in [0.2, 0.25) is 5.02 Å². The summed E-state index contributed by atoms with van der Waals surface area (Å²) in [5, 5.41) is 21.5. The molecule has 0 spiro atoms. The number of phosphoric acid groups is 1. The molecule has 1 aromatic heterocycles. The molecule has 1 aliphatic heterocycles. The van der Waals surface area contributed by atoms with Crippen LogP contribution in [0.15, 0.2) is 45.6 Å². The third-order valence-corrected chi connectivity index (χ3v) is 6.26. The number of piperidine rings is 1. The molecule has 32 heavy (non-hydrogen) atoms. The summed E-state index contributed by atoms with van der Waals surface area (Å²) in [6.45, 7) is 0.957. The number of nitrogens with zero attached hydrogens (tertiary/aromatic N) is 1. The Kier molecular flexibility index (Phi) is 6.06. The smallest absolute Gasteiger partial charge is 0.507 e. The molecule has 2 unspecified atom stereocenters. The summed E-state index contributed by atoms with van der Waals surface area (Å²) in [4.78, 5) is 33.6. The van der Waals surface area contributed by atoms with E-state index in [1.54, 1.807) is 24.3 Å². The number of phenolic OH excluding ortho intramolecular Hbond substituents is 1. The maximum Gasteiger partial charge on any atom is 0.524 e. The number of halogens is 1. The van der Waals surface area contributed by atoms with Gasteiger partial charge in [-0.05, 0) is 32.1 Å². The van der Waals surface area contributed by atoms with E-state index in [-0.39, 0.29) is 22.3 Å². The fourth-order valence-electron chi connectivity index (χ4n) is 4.09. The zero-order chi connectivity index (χ0) is 23.2. The average molecular weight is 482 g/mol. The zero-order valence-electron chi connectivity index (χ0n) is 16.9. The number of hydrogen-bond acceptors (Lipinski definition) is 7. The van der Waals surface area contributed by atoms with Gasteiger partial charge in [0, 0.05) is 35.7 Å². The van der Waals surface area contributed by atoms with E-state index >= 15 is 0 Å². The van der Waals surface area contributed by atoms with Gasteiger partial charge in [-0.25, -0.2) is 4.57 Å². The van der Waals surface area contributed by atoms with Crippen molar-refractivity contribution < 1.29 is 33.5 Å². The summed E-state index contributed by atoms with van der Waals surface area (Å²) in [5.74, 6) is -1.41. The fourth-order valence-corrected chi connectivity index (χ4v) is 4.71. The molecule has 2 heterocycles. The normalized spacial score (nSPS) is 19.9. The van der Waals surface area contributed by atoms with Crippen molar-refractivity contribution in [1.29, 1.82) is 0 Å². The van der Waals surface area contributed by atoms with Gasteiger partial charge in [-0.15, -0.1) is 0 Å². The minimum Gasteiger partial charge on any atom is -0.507 e. The number of fused-ring (bicyclic) bond motifs is 1. The molecular weight excluding hydrogens is 461 g/mol. The molecule has 11 heteroatoms. The first-order valence-electron chi connectivity index (χ1n) is 9.75. The molecule has 4 rings (SSSR count). The van der Waals surface area contributed by atoms with E-state index in [9.17, 15) is 29.4 Å². The van der Waals surface area contributed by atoms with Crippen molar-refractivity contribution in [2.45, 2.75) is 18.4 Å². The molecule has 0 aliphatic carbocycles. The standard InChI is InChI=1S/C21H21ClNO8P/c1-23-7-6-12(16(26)10-23)19-14(24)9-18(31-32(27,28)29)20-15(25)8-17(30-21(19)20)11-4-2-3-5-13(11)22/h2-5,8-9,12,16,24,26H,6-7,10H2,1H3,(H2,27,28,29). The van der Waals surface area contributed by atoms with Crippen LogP contribution in [0.5, 0.6) is 11.5 Å². The van der Waals surface area contributed by atoms with Crippen LogP contribution < -0.4 is 9.95 Å². The number of aliphatic hydroxyl groups is 1. The number of phosphoric ester groups is 1. The summed E-state index contributed by atoms with van der Waals surface area (Å²) in [5.41, 5.74) is -0.175. The Morgan fingerprint density at radius 2 is 1.97 bits per heavy atom. The lowest BCUT2D eigenvalue weighted by atomic mass is 9.85. The Bertz CT molecular complexity index is 1290. The second-order valence-corrected chi connectivity index (χ2v) is 9.34. The molecule has 3 aromatic rings. The Hall–Kier alpha value is -2.39. The number of rotatable bonds is 4. The first kappa shape index (κ1) is 22.8. The van der Waals surface area contributed by atoms with E-state index in [4.69, 9.17) is 16.0 Å². The molecule has 0 amide bonds. The Balaban J connectivity index is 2.03. The monoisotopic (exact) mass is 481 g/mol. The highest BCUT2D eigenvalue weighted by Gasteiger charge is 2.34. The minimum absolute atomic E-state index is 0.101. The molecule has 170 valence electrons. The summed E-state index contributed by atoms with van der Waals surface area (Å²) in [7, 11) is -3.19. The second-order valence-electron chi connectivity index (χ2n) is 7.77. The maximum atomic E-state index is 13.1. The molecule has 2 aromatic carbocycles. The maximum absolute atomic E-state index is 13.1. The summed E-state index contributed by atoms with van der Waals surface area (Å²) in [6.07, 6.45) is -0.412. The third kappa shape index (κ3) is 4.41. The lowest BCUT2D eigenvalue weighted by Crippen LogP contribution is -2.40. The number of likely N-dealkylation sites (N-methyl/N-ethyl adjacent to an activating group) is 1. The van der Waals surface area contributed by atoms with Gasteiger partial charge in [-0.1, -0.05) is 23.7 Å². The van der Waals surface area contributed by atoms with Crippen molar-refractivity contribution in [3.05, 3.63) is 57.2 Å². The number of β-amino-alcohol motifs (C(OH)–C–C–N with tert-alkyl or cyclic N) is 1. The zero-order valence-corrected chi connectivity index (χ0v) is 18.6. The average Bonchev–Trinajstić information content (AvgIpc) is 2.68. The highest BCUT2D eigenvalue weighted by molar-refractivity contribution is 7.46. The largest absolute Gasteiger partial charge is 0.524 e. The number of phenols is 1. The Morgan fingerprint density at radius 1 is 1.25 bits per heavy atom. The molecule has 1 saturated heterocycles. The van der Waals surface area contributed by atoms with Gasteiger partial charge in [0.05, 0.1) is 11.1 Å². The van der Waals surface area contributed by atoms with Crippen LogP contribution in [0.4, 0.5) is 0 Å². The van der Waals surface area contributed by atoms with E-state index in [2.05, 4.69) is 4.52 Å². The van der Waals surface area contributed by atoms with Gasteiger partial charge in [-0.2, -0.15) is 0 Å². The predicted octanol–water partition coefficient (Wildman–Crippen LogP) is 3.07. The van der Waals surface area contributed by atoms with E-state index < -0.39 is 36.8 Å². The van der Waals surface area contributed by atoms with E-state index in [0.717, 1.165) is 12.1 Å². The van der Waals surface area contributed by atoms with Crippen molar-refractivity contribution in [2.24, 2.45) is 0 Å². The SMILES string of the molecule is CN1CCC(c2c(O)cc(OP(=O)(O)O)c3c(=O)cc(-c4ccccc4Cl)oc23)C(O)C1. The number of likely N-dealkylation sites (tertiary alicyclic amines) is 1. The summed E-state index contributed by atoms with van der Waals surface area (Å²) >= 11 is 6.26. The van der Waals surface area contributed by atoms with Gasteiger partial charge in [0.25, 0.3) is 0 Å². The van der Waals surface area contributed by atoms with Gasteiger partial charge >= 0.3 is 7.82 Å². The van der Waals surface area contributed by atoms with Crippen LogP contribution in [0.1, 0.15) is 17.9 Å². The molecule has 1 aliphatic rings. The summed E-state index contributed by atoms with van der Waals surface area (Å²) in [6, 6.07) is 8.79. The first-order valence-corrected chi connectivity index (χ1v) is 11.7. The van der Waals surface area contributed by atoms with Crippen LogP contribution in [-0.2, 0) is 4.57 Å². The fraction of sp³-hybridized carbons (Fsp3) is 0.286. The van der Waals surface area contributed by atoms with E-state index in [1.807, 2.05) is 11.9 Å². The molecule has 9 nitrogen and oxygen atoms in total. The number of benzene rings is 2. The van der Waals surface area contributed by atoms with Gasteiger partial charge in [0.1, 0.15) is 28.2 Å². The van der Waals surface area contributed by atoms with Gasteiger partial charge in [-0.3, -0.25) is 14.6 Å². The van der Waals surface area contributed by atoms with Crippen molar-refractivity contribution in [1.82, 2.24) is 4.90 Å². The minimum atomic E-state index is -5.05. The highest BCUT2D eigenvalue weighted by Crippen LogP contribution is 2.47. The van der Waals surface area contributed by atoms with Crippen molar-refractivity contribution in [3.8, 4) is 22.8 Å². The predicted molar refractivity (Wildman–Crippen MR) is 118 cm³/mol. The van der Waals surface area contributed by atoms with Gasteiger partial charge < -0.3 is 24.1 Å². The molecule has 2 atom stereocenters. The van der Waals surface area contributed by atoms with Gasteiger partial charge in [0.15, 0.2) is 5.43 Å². The Labute approximate surface area is 187 Å². The van der Waals surface area contributed by atoms with Crippen LogP contribution in [0, 0.1) is 0 Å². The van der Waals surface area contributed by atoms with Crippen LogP contribution in [0.3, 0.4) is 0 Å². The van der Waals surface area contributed by atoms with E-state index in [1.165, 1.54) is 0 Å². The summed E-state index contributed by atoms with van der Waals surface area (Å²) < 4.78 is 22.2. The molecular formula is C21H21ClNO8P.